The normalized spacial score (nSPS) is 11.9. The Morgan fingerprint density at radius 3 is 1.79 bits per heavy atom. The van der Waals surface area contributed by atoms with Gasteiger partial charge >= 0.3 is 29.6 Å². The zero-order valence-corrected chi connectivity index (χ0v) is 18.0. The fourth-order valence-corrected chi connectivity index (χ4v) is 4.03. The third-order valence-corrected chi connectivity index (χ3v) is 5.71. The van der Waals surface area contributed by atoms with E-state index in [-0.39, 0.29) is 51.3 Å². The van der Waals surface area contributed by atoms with Crippen molar-refractivity contribution in [2.45, 2.75) is 4.90 Å². The van der Waals surface area contributed by atoms with Gasteiger partial charge in [0, 0.05) is 27.1 Å². The fraction of sp³-hybridized carbons (Fsp3) is 0. The first-order chi connectivity index (χ1) is 13.3. The molecule has 5 aromatic rings. The summed E-state index contributed by atoms with van der Waals surface area (Å²) in [6.07, 6.45) is 0. The van der Waals surface area contributed by atoms with Gasteiger partial charge in [-0.3, -0.25) is 9.59 Å². The number of fused-ring (bicyclic) bond motifs is 4. The van der Waals surface area contributed by atoms with Crippen LogP contribution in [0.3, 0.4) is 0 Å². The largest absolute Gasteiger partial charge is 1.00 e. The summed E-state index contributed by atoms with van der Waals surface area (Å²) < 4.78 is 33.8. The summed E-state index contributed by atoms with van der Waals surface area (Å²) in [5.74, 6) is 0. The third-order valence-electron chi connectivity index (χ3n) is 4.88. The first-order valence-corrected chi connectivity index (χ1v) is 9.74. The molecule has 0 spiro atoms. The number of hydrogen-bond acceptors (Lipinski definition) is 5. The molecular formula is C20H11N2NaO5S. The van der Waals surface area contributed by atoms with Crippen molar-refractivity contribution >= 4 is 53.7 Å². The Morgan fingerprint density at radius 2 is 1.17 bits per heavy atom. The van der Waals surface area contributed by atoms with Gasteiger partial charge in [-0.05, 0) is 42.5 Å². The van der Waals surface area contributed by atoms with Crippen molar-refractivity contribution in [3.63, 3.8) is 0 Å². The smallest absolute Gasteiger partial charge is 0.744 e. The molecule has 0 bridgehead atoms. The van der Waals surface area contributed by atoms with Gasteiger partial charge in [0.05, 0.1) is 21.4 Å². The number of benzene rings is 3. The molecule has 0 aliphatic rings. The van der Waals surface area contributed by atoms with Gasteiger partial charge < -0.3 is 14.5 Å². The standard InChI is InChI=1S/C20H12N2O5S.Na/c23-19-11-3-1-2-4-15(11)21-17-8-14-18(9-13(17)19)22-16-7-10(28(25,26)27)5-6-12(16)20(14)24;/h1-9H,(H,21,23)(H,22,24)(H,25,26,27);/q;+1/p-1. The molecule has 0 atom stereocenters. The molecule has 3 aromatic carbocycles. The van der Waals surface area contributed by atoms with Crippen LogP contribution < -0.4 is 40.4 Å². The van der Waals surface area contributed by atoms with Gasteiger partial charge in [-0.2, -0.15) is 0 Å². The minimum Gasteiger partial charge on any atom is -0.744 e. The average Bonchev–Trinajstić information content (AvgIpc) is 2.67. The van der Waals surface area contributed by atoms with Gasteiger partial charge in [-0.25, -0.2) is 8.42 Å². The quantitative estimate of drug-likeness (QED) is 0.219. The number of rotatable bonds is 1. The van der Waals surface area contributed by atoms with Gasteiger partial charge in [-0.15, -0.1) is 0 Å². The second kappa shape index (κ2) is 6.79. The van der Waals surface area contributed by atoms with Gasteiger partial charge in [0.15, 0.2) is 10.9 Å². The van der Waals surface area contributed by atoms with Crippen molar-refractivity contribution in [1.82, 2.24) is 9.97 Å². The summed E-state index contributed by atoms with van der Waals surface area (Å²) in [5.41, 5.74) is 1.29. The Bertz CT molecular complexity index is 1690. The van der Waals surface area contributed by atoms with Crippen molar-refractivity contribution in [1.29, 1.82) is 0 Å². The van der Waals surface area contributed by atoms with Crippen LogP contribution in [-0.4, -0.2) is 22.9 Å². The molecule has 0 radical (unpaired) electrons. The fourth-order valence-electron chi connectivity index (χ4n) is 3.53. The van der Waals surface area contributed by atoms with E-state index in [9.17, 15) is 22.6 Å². The van der Waals surface area contributed by atoms with Gasteiger partial charge in [0.1, 0.15) is 10.1 Å². The minimum atomic E-state index is -4.65. The summed E-state index contributed by atoms with van der Waals surface area (Å²) in [6, 6.07) is 13.8. The Labute approximate surface area is 185 Å². The van der Waals surface area contributed by atoms with Crippen LogP contribution in [0.25, 0.3) is 43.6 Å². The van der Waals surface area contributed by atoms with Crippen LogP contribution in [0.5, 0.6) is 0 Å². The number of H-pyrrole nitrogens is 2. The molecule has 7 nitrogen and oxygen atoms in total. The average molecular weight is 414 g/mol. The number of aromatic nitrogens is 2. The number of aromatic amines is 2. The second-order valence-electron chi connectivity index (χ2n) is 6.56. The molecule has 0 unspecified atom stereocenters. The number of nitrogens with one attached hydrogen (secondary N) is 2. The molecule has 0 saturated heterocycles. The molecule has 2 heterocycles. The first-order valence-electron chi connectivity index (χ1n) is 8.33. The van der Waals surface area contributed by atoms with Crippen molar-refractivity contribution in [2.24, 2.45) is 0 Å². The maximum atomic E-state index is 12.9. The van der Waals surface area contributed by atoms with Crippen LogP contribution in [0.4, 0.5) is 0 Å². The maximum Gasteiger partial charge on any atom is 1.00 e. The monoisotopic (exact) mass is 414 g/mol. The van der Waals surface area contributed by atoms with E-state index in [4.69, 9.17) is 0 Å². The molecule has 0 saturated carbocycles. The van der Waals surface area contributed by atoms with Crippen LogP contribution >= 0.6 is 0 Å². The minimum absolute atomic E-state index is 0. The van der Waals surface area contributed by atoms with Crippen LogP contribution in [-0.2, 0) is 10.1 Å². The van der Waals surface area contributed by atoms with E-state index >= 15 is 0 Å². The van der Waals surface area contributed by atoms with Gasteiger partial charge in [0.25, 0.3) is 0 Å². The molecule has 138 valence electrons. The SMILES string of the molecule is O=c1c2ccccc2[nH]c2cc3c(=O)c4ccc(S(=O)(=O)[O-])cc4[nH]c3cc12.[Na+]. The molecule has 2 N–H and O–H groups in total. The summed E-state index contributed by atoms with van der Waals surface area (Å²) in [4.78, 5) is 31.5. The van der Waals surface area contributed by atoms with Crippen LogP contribution in [0.15, 0.2) is 69.1 Å². The van der Waals surface area contributed by atoms with E-state index in [2.05, 4.69) is 9.97 Å². The number of hydrogen-bond donors (Lipinski definition) is 2. The van der Waals surface area contributed by atoms with E-state index in [1.165, 1.54) is 6.07 Å². The maximum absolute atomic E-state index is 12.9. The van der Waals surface area contributed by atoms with Gasteiger partial charge in [0.2, 0.25) is 0 Å². The predicted molar refractivity (Wildman–Crippen MR) is 106 cm³/mol. The van der Waals surface area contributed by atoms with Crippen LogP contribution in [0, 0.1) is 0 Å². The molecule has 5 rings (SSSR count). The van der Waals surface area contributed by atoms with Gasteiger partial charge in [-0.1, -0.05) is 12.1 Å². The molecule has 29 heavy (non-hydrogen) atoms. The Morgan fingerprint density at radius 1 is 0.655 bits per heavy atom. The zero-order chi connectivity index (χ0) is 19.6. The summed E-state index contributed by atoms with van der Waals surface area (Å²) in [7, 11) is -4.65. The molecular weight excluding hydrogens is 403 g/mol. The number of para-hydroxylation sites is 1. The molecule has 0 aliphatic heterocycles. The molecule has 9 heteroatoms. The van der Waals surface area contributed by atoms with E-state index in [0.717, 1.165) is 12.1 Å². The van der Waals surface area contributed by atoms with Crippen LogP contribution in [0.2, 0.25) is 0 Å². The summed E-state index contributed by atoms with van der Waals surface area (Å²) in [5, 5.41) is 1.53. The van der Waals surface area contributed by atoms with Crippen molar-refractivity contribution in [3.8, 4) is 0 Å². The Hall–Kier alpha value is -2.49. The summed E-state index contributed by atoms with van der Waals surface area (Å²) >= 11 is 0. The van der Waals surface area contributed by atoms with Crippen molar-refractivity contribution in [3.05, 3.63) is 75.0 Å². The van der Waals surface area contributed by atoms with Crippen molar-refractivity contribution < 1.29 is 42.5 Å². The number of pyridine rings is 2. The van der Waals surface area contributed by atoms with E-state index in [0.29, 0.717) is 32.7 Å². The van der Waals surface area contributed by atoms with E-state index in [1.807, 2.05) is 6.07 Å². The van der Waals surface area contributed by atoms with Crippen LogP contribution in [0.1, 0.15) is 0 Å². The van der Waals surface area contributed by atoms with Crippen molar-refractivity contribution in [2.75, 3.05) is 0 Å². The third kappa shape index (κ3) is 3.09. The second-order valence-corrected chi connectivity index (χ2v) is 7.94. The Balaban J connectivity index is 0.00000205. The molecule has 2 aromatic heterocycles. The predicted octanol–water partition coefficient (Wildman–Crippen LogP) is -0.416. The molecule has 0 aliphatic carbocycles. The topological polar surface area (TPSA) is 123 Å². The first kappa shape index (κ1) is 19.8. The van der Waals surface area contributed by atoms with E-state index < -0.39 is 15.0 Å². The molecule has 0 fully saturated rings. The zero-order valence-electron chi connectivity index (χ0n) is 15.1. The van der Waals surface area contributed by atoms with E-state index in [1.54, 1.807) is 30.3 Å². The molecule has 0 amide bonds. The Kier molecular flexibility index (Phi) is 4.64. The summed E-state index contributed by atoms with van der Waals surface area (Å²) in [6.45, 7) is 0.